The number of hydrogen-bond donors (Lipinski definition) is 0. The normalized spacial score (nSPS) is 19.5. The van der Waals surface area contributed by atoms with Gasteiger partial charge in [0.2, 0.25) is 17.4 Å². The van der Waals surface area contributed by atoms with Gasteiger partial charge in [-0.2, -0.15) is 4.98 Å². The molecule has 7 nitrogen and oxygen atoms in total. The molecular formula is C24H27BN2O5. The second-order valence-corrected chi connectivity index (χ2v) is 9.21. The first kappa shape index (κ1) is 22.3. The highest BCUT2D eigenvalue weighted by Gasteiger charge is 2.52. The van der Waals surface area contributed by atoms with Crippen LogP contribution in [-0.2, 0) is 9.31 Å². The summed E-state index contributed by atoms with van der Waals surface area (Å²) < 4.78 is 24.0. The molecule has 0 spiro atoms. The monoisotopic (exact) mass is 434 g/mol. The first-order valence-corrected chi connectivity index (χ1v) is 10.9. The zero-order valence-electron chi connectivity index (χ0n) is 18.9. The molecule has 1 aliphatic heterocycles. The lowest BCUT2D eigenvalue weighted by Gasteiger charge is -2.32. The molecule has 2 aromatic rings. The Bertz CT molecular complexity index is 1040. The number of hydrogen-bond acceptors (Lipinski definition) is 6. The summed E-state index contributed by atoms with van der Waals surface area (Å²) in [6.07, 6.45) is 5.02. The third-order valence-electron chi connectivity index (χ3n) is 6.43. The number of ether oxygens (including phenoxy) is 2. The fraction of sp³-hybridized carbons (Fsp3) is 0.458. The second-order valence-electron chi connectivity index (χ2n) is 9.21. The highest BCUT2D eigenvalue weighted by atomic mass is 16.7. The van der Waals surface area contributed by atoms with E-state index in [2.05, 4.69) is 9.83 Å². The molecule has 1 aromatic heterocycles. The lowest BCUT2D eigenvalue weighted by Crippen LogP contribution is -2.41. The molecule has 0 amide bonds. The van der Waals surface area contributed by atoms with Crippen LogP contribution in [-0.4, -0.2) is 35.7 Å². The van der Waals surface area contributed by atoms with Crippen molar-refractivity contribution in [2.75, 3.05) is 0 Å². The van der Waals surface area contributed by atoms with Crippen LogP contribution < -0.4 is 14.9 Å². The van der Waals surface area contributed by atoms with Crippen molar-refractivity contribution < 1.29 is 23.6 Å². The van der Waals surface area contributed by atoms with Crippen LogP contribution in [0.5, 0.6) is 17.5 Å². The van der Waals surface area contributed by atoms with E-state index < -0.39 is 18.3 Å². The first-order chi connectivity index (χ1) is 15.2. The predicted octanol–water partition coefficient (Wildman–Crippen LogP) is 4.86. The Morgan fingerprint density at radius 2 is 1.81 bits per heavy atom. The molecule has 1 aromatic carbocycles. The summed E-state index contributed by atoms with van der Waals surface area (Å²) in [6.45, 7) is 15.2. The zero-order chi connectivity index (χ0) is 22.9. The molecule has 0 N–H and O–H groups in total. The molecule has 166 valence electrons. The molecule has 4 rings (SSSR count). The molecule has 0 bridgehead atoms. The van der Waals surface area contributed by atoms with E-state index in [-0.39, 0.29) is 12.0 Å². The van der Waals surface area contributed by atoms with E-state index in [1.54, 1.807) is 30.3 Å². The van der Waals surface area contributed by atoms with Crippen molar-refractivity contribution in [3.05, 3.63) is 47.3 Å². The van der Waals surface area contributed by atoms with Gasteiger partial charge in [-0.3, -0.25) is 4.79 Å². The SMILES string of the molecule is [C-]#[N+]c1ccc(Oc2ccc(B3OC(C)(C)C(C)(C)O3)c(C=O)c2)nc1OC1CCCC1. The fourth-order valence-electron chi connectivity index (χ4n) is 3.83. The van der Waals surface area contributed by atoms with Crippen LogP contribution in [0, 0.1) is 6.57 Å². The molecule has 0 atom stereocenters. The van der Waals surface area contributed by atoms with Crippen LogP contribution in [0.4, 0.5) is 5.69 Å². The molecule has 1 aliphatic carbocycles. The van der Waals surface area contributed by atoms with Crippen LogP contribution >= 0.6 is 0 Å². The van der Waals surface area contributed by atoms with Gasteiger partial charge >= 0.3 is 7.12 Å². The molecule has 2 aliphatic rings. The number of benzene rings is 1. The molecule has 1 saturated heterocycles. The van der Waals surface area contributed by atoms with Crippen LogP contribution in [0.2, 0.25) is 0 Å². The molecule has 2 heterocycles. The van der Waals surface area contributed by atoms with Crippen LogP contribution in [0.3, 0.4) is 0 Å². The van der Waals surface area contributed by atoms with E-state index in [0.29, 0.717) is 28.3 Å². The Morgan fingerprint density at radius 3 is 2.44 bits per heavy atom. The summed E-state index contributed by atoms with van der Waals surface area (Å²) in [5.74, 6) is 1.03. The van der Waals surface area contributed by atoms with E-state index in [1.165, 1.54) is 0 Å². The van der Waals surface area contributed by atoms with Gasteiger partial charge in [0.1, 0.15) is 12.0 Å². The molecular weight excluding hydrogens is 407 g/mol. The van der Waals surface area contributed by atoms with Gasteiger partial charge in [-0.1, -0.05) is 6.07 Å². The largest absolute Gasteiger partial charge is 0.495 e. The Hall–Kier alpha value is -2.89. The number of nitrogens with zero attached hydrogens (tertiary/aromatic N) is 2. The Labute approximate surface area is 189 Å². The molecule has 0 unspecified atom stereocenters. The van der Waals surface area contributed by atoms with Crippen molar-refractivity contribution in [3.63, 3.8) is 0 Å². The second kappa shape index (κ2) is 8.57. The fourth-order valence-corrected chi connectivity index (χ4v) is 3.83. The lowest BCUT2D eigenvalue weighted by atomic mass is 9.76. The van der Waals surface area contributed by atoms with E-state index in [9.17, 15) is 4.79 Å². The lowest BCUT2D eigenvalue weighted by molar-refractivity contribution is 0.00578. The maximum atomic E-state index is 11.8. The molecule has 1 saturated carbocycles. The molecule has 2 fully saturated rings. The average molecular weight is 434 g/mol. The maximum Gasteiger partial charge on any atom is 0.495 e. The van der Waals surface area contributed by atoms with Gasteiger partial charge in [0.15, 0.2) is 0 Å². The van der Waals surface area contributed by atoms with Crippen molar-refractivity contribution in [2.24, 2.45) is 0 Å². The third-order valence-corrected chi connectivity index (χ3v) is 6.43. The zero-order valence-corrected chi connectivity index (χ0v) is 18.9. The summed E-state index contributed by atoms with van der Waals surface area (Å²) >= 11 is 0. The Kier molecular flexibility index (Phi) is 5.98. The standard InChI is InChI=1S/C24H27BN2O5/c1-23(2)24(3,4)32-25(31-23)19-11-10-18(14-16(19)15-28)29-21-13-12-20(26-5)22(27-21)30-17-8-6-7-9-17/h10-15,17H,6-9H2,1-4H3. The van der Waals surface area contributed by atoms with Gasteiger partial charge in [0.05, 0.1) is 23.9 Å². The summed E-state index contributed by atoms with van der Waals surface area (Å²) in [4.78, 5) is 19.7. The van der Waals surface area contributed by atoms with E-state index in [0.717, 1.165) is 32.0 Å². The van der Waals surface area contributed by atoms with Gasteiger partial charge < -0.3 is 18.8 Å². The van der Waals surface area contributed by atoms with E-state index >= 15 is 0 Å². The predicted molar refractivity (Wildman–Crippen MR) is 121 cm³/mol. The molecule has 0 radical (unpaired) electrons. The topological polar surface area (TPSA) is 71.2 Å². The van der Waals surface area contributed by atoms with Crippen LogP contribution in [0.15, 0.2) is 30.3 Å². The Balaban J connectivity index is 1.55. The van der Waals surface area contributed by atoms with Gasteiger partial charge in [0.25, 0.3) is 0 Å². The van der Waals surface area contributed by atoms with Crippen molar-refractivity contribution >= 4 is 24.6 Å². The third kappa shape index (κ3) is 4.36. The van der Waals surface area contributed by atoms with Crippen LogP contribution in [0.1, 0.15) is 63.7 Å². The minimum atomic E-state index is -0.642. The van der Waals surface area contributed by atoms with Gasteiger partial charge in [-0.15, -0.1) is 0 Å². The van der Waals surface area contributed by atoms with Crippen molar-refractivity contribution in [1.29, 1.82) is 0 Å². The number of aldehydes is 1. The average Bonchev–Trinajstić information content (AvgIpc) is 3.33. The number of carbonyl (C=O) groups is 1. The minimum Gasteiger partial charge on any atom is -0.483 e. The minimum absolute atomic E-state index is 0.0825. The van der Waals surface area contributed by atoms with Gasteiger partial charge in [-0.05, 0) is 83.1 Å². The molecule has 8 heteroatoms. The van der Waals surface area contributed by atoms with Crippen molar-refractivity contribution in [1.82, 2.24) is 4.98 Å². The Morgan fingerprint density at radius 1 is 1.12 bits per heavy atom. The highest BCUT2D eigenvalue weighted by Crippen LogP contribution is 2.37. The number of pyridine rings is 1. The van der Waals surface area contributed by atoms with Gasteiger partial charge in [0, 0.05) is 5.56 Å². The maximum absolute atomic E-state index is 11.8. The van der Waals surface area contributed by atoms with E-state index in [1.807, 2.05) is 27.7 Å². The van der Waals surface area contributed by atoms with Gasteiger partial charge in [-0.25, -0.2) is 4.85 Å². The van der Waals surface area contributed by atoms with Crippen molar-refractivity contribution in [3.8, 4) is 17.5 Å². The number of rotatable bonds is 6. The number of carbonyl (C=O) groups excluding carboxylic acids is 1. The summed E-state index contributed by atoms with van der Waals surface area (Å²) in [5.41, 5.74) is 0.414. The smallest absolute Gasteiger partial charge is 0.483 e. The quantitative estimate of drug-likeness (QED) is 0.368. The number of aromatic nitrogens is 1. The van der Waals surface area contributed by atoms with Crippen molar-refractivity contribution in [2.45, 2.75) is 70.7 Å². The van der Waals surface area contributed by atoms with E-state index in [4.69, 9.17) is 25.4 Å². The highest BCUT2D eigenvalue weighted by molar-refractivity contribution is 6.63. The molecule has 32 heavy (non-hydrogen) atoms. The first-order valence-electron chi connectivity index (χ1n) is 10.9. The van der Waals surface area contributed by atoms with Crippen LogP contribution in [0.25, 0.3) is 4.85 Å². The summed E-state index contributed by atoms with van der Waals surface area (Å²) in [7, 11) is -0.642. The summed E-state index contributed by atoms with van der Waals surface area (Å²) in [6, 6.07) is 8.41. The summed E-state index contributed by atoms with van der Waals surface area (Å²) in [5, 5.41) is 0.